The van der Waals surface area contributed by atoms with Crippen LogP contribution in [0.3, 0.4) is 0 Å². The van der Waals surface area contributed by atoms with E-state index in [4.69, 9.17) is 16.7 Å². The number of aliphatic carboxylic acids is 1. The zero-order chi connectivity index (χ0) is 14.5. The average molecular weight is 296 g/mol. The maximum Gasteiger partial charge on any atom is 0.325 e. The van der Waals surface area contributed by atoms with E-state index in [1.54, 1.807) is 0 Å². The molecule has 2 aromatic rings. The predicted octanol–water partition coefficient (Wildman–Crippen LogP) is 0.341. The Morgan fingerprint density at radius 2 is 2.25 bits per heavy atom. The van der Waals surface area contributed by atoms with Crippen molar-refractivity contribution in [2.75, 3.05) is 0 Å². The Morgan fingerprint density at radius 1 is 1.45 bits per heavy atom. The maximum absolute atomic E-state index is 11.8. The fourth-order valence-electron chi connectivity index (χ4n) is 1.45. The smallest absolute Gasteiger partial charge is 0.325 e. The minimum absolute atomic E-state index is 0.137. The molecule has 2 N–H and O–H groups in total. The van der Waals surface area contributed by atoms with Crippen LogP contribution in [0.15, 0.2) is 24.5 Å². The van der Waals surface area contributed by atoms with Crippen molar-refractivity contribution in [1.29, 1.82) is 0 Å². The molecule has 0 saturated carbocycles. The van der Waals surface area contributed by atoms with Gasteiger partial charge in [-0.3, -0.25) is 9.59 Å². The Labute approximate surface area is 118 Å². The summed E-state index contributed by atoms with van der Waals surface area (Å²) in [5, 5.41) is 18.8. The SMILES string of the molecule is O=C(O)Cn1cc(CNC(=O)c2ccnc(Cl)c2)nn1. The number of nitrogens with one attached hydrogen (secondary N) is 1. The second-order valence-electron chi connectivity index (χ2n) is 3.85. The molecular weight excluding hydrogens is 286 g/mol. The third kappa shape index (κ3) is 3.75. The van der Waals surface area contributed by atoms with Gasteiger partial charge < -0.3 is 10.4 Å². The monoisotopic (exact) mass is 295 g/mol. The van der Waals surface area contributed by atoms with Crippen LogP contribution >= 0.6 is 11.6 Å². The Hall–Kier alpha value is -2.48. The van der Waals surface area contributed by atoms with Crippen molar-refractivity contribution in [2.45, 2.75) is 13.1 Å². The van der Waals surface area contributed by atoms with Crippen molar-refractivity contribution in [1.82, 2.24) is 25.3 Å². The molecule has 0 radical (unpaired) electrons. The lowest BCUT2D eigenvalue weighted by Crippen LogP contribution is -2.23. The standard InChI is InChI=1S/C11H10ClN5O3/c12-9-3-7(1-2-13-9)11(20)14-4-8-5-17(16-15-8)6-10(18)19/h1-3,5H,4,6H2,(H,14,20)(H,18,19). The highest BCUT2D eigenvalue weighted by Gasteiger charge is 2.08. The Kier molecular flexibility index (Phi) is 4.26. The lowest BCUT2D eigenvalue weighted by atomic mass is 10.2. The van der Waals surface area contributed by atoms with Crippen LogP contribution < -0.4 is 5.32 Å². The number of amides is 1. The van der Waals surface area contributed by atoms with Crippen LogP contribution in [0.4, 0.5) is 0 Å². The lowest BCUT2D eigenvalue weighted by Gasteiger charge is -2.02. The molecule has 2 heterocycles. The summed E-state index contributed by atoms with van der Waals surface area (Å²) in [6, 6.07) is 2.97. The number of aromatic nitrogens is 4. The summed E-state index contributed by atoms with van der Waals surface area (Å²) in [4.78, 5) is 26.1. The third-order valence-electron chi connectivity index (χ3n) is 2.30. The van der Waals surface area contributed by atoms with Crippen molar-refractivity contribution in [3.63, 3.8) is 0 Å². The number of carboxylic acids is 1. The van der Waals surface area contributed by atoms with Crippen LogP contribution in [0.1, 0.15) is 16.1 Å². The fourth-order valence-corrected chi connectivity index (χ4v) is 1.63. The largest absolute Gasteiger partial charge is 0.480 e. The maximum atomic E-state index is 11.8. The summed E-state index contributed by atoms with van der Waals surface area (Å²) < 4.78 is 1.17. The van der Waals surface area contributed by atoms with Gasteiger partial charge in [0, 0.05) is 11.8 Å². The van der Waals surface area contributed by atoms with Gasteiger partial charge in [0.15, 0.2) is 0 Å². The van der Waals surface area contributed by atoms with Crippen LogP contribution in [0.2, 0.25) is 5.15 Å². The molecule has 0 aliphatic rings. The summed E-state index contributed by atoms with van der Waals surface area (Å²) in [5.41, 5.74) is 0.836. The second kappa shape index (κ2) is 6.11. The fraction of sp³-hybridized carbons (Fsp3) is 0.182. The molecule has 0 atom stereocenters. The number of nitrogens with zero attached hydrogens (tertiary/aromatic N) is 4. The highest BCUT2D eigenvalue weighted by molar-refractivity contribution is 6.29. The molecule has 8 nitrogen and oxygen atoms in total. The van der Waals surface area contributed by atoms with Gasteiger partial charge in [-0.1, -0.05) is 16.8 Å². The van der Waals surface area contributed by atoms with Gasteiger partial charge in [0.1, 0.15) is 17.4 Å². The van der Waals surface area contributed by atoms with E-state index in [1.165, 1.54) is 29.2 Å². The molecule has 1 amide bonds. The van der Waals surface area contributed by atoms with Crippen LogP contribution in [-0.2, 0) is 17.9 Å². The zero-order valence-electron chi connectivity index (χ0n) is 10.2. The number of hydrogen-bond acceptors (Lipinski definition) is 5. The number of carbonyl (C=O) groups is 2. The first-order chi connectivity index (χ1) is 9.54. The minimum atomic E-state index is -1.02. The van der Waals surface area contributed by atoms with Crippen molar-refractivity contribution >= 4 is 23.5 Å². The number of carbonyl (C=O) groups excluding carboxylic acids is 1. The topological polar surface area (TPSA) is 110 Å². The normalized spacial score (nSPS) is 10.2. The number of halogens is 1. The molecule has 2 rings (SSSR count). The van der Waals surface area contributed by atoms with Gasteiger partial charge in [0.2, 0.25) is 0 Å². The van der Waals surface area contributed by atoms with Gasteiger partial charge in [0.05, 0.1) is 12.7 Å². The van der Waals surface area contributed by atoms with E-state index >= 15 is 0 Å². The molecule has 104 valence electrons. The molecule has 0 spiro atoms. The number of hydrogen-bond donors (Lipinski definition) is 2. The second-order valence-corrected chi connectivity index (χ2v) is 4.24. The van der Waals surface area contributed by atoms with E-state index in [1.807, 2.05) is 0 Å². The van der Waals surface area contributed by atoms with Gasteiger partial charge in [-0.15, -0.1) is 5.10 Å². The van der Waals surface area contributed by atoms with Gasteiger partial charge >= 0.3 is 5.97 Å². The summed E-state index contributed by atoms with van der Waals surface area (Å²) in [7, 11) is 0. The highest BCUT2D eigenvalue weighted by Crippen LogP contribution is 2.07. The van der Waals surface area contributed by atoms with E-state index < -0.39 is 5.97 Å². The summed E-state index contributed by atoms with van der Waals surface area (Å²) in [6.07, 6.45) is 2.88. The summed E-state index contributed by atoms with van der Waals surface area (Å²) >= 11 is 5.69. The van der Waals surface area contributed by atoms with Gasteiger partial charge in [-0.05, 0) is 12.1 Å². The third-order valence-corrected chi connectivity index (χ3v) is 2.51. The van der Waals surface area contributed by atoms with E-state index in [2.05, 4.69) is 20.6 Å². The van der Waals surface area contributed by atoms with Gasteiger partial charge in [-0.25, -0.2) is 9.67 Å². The Morgan fingerprint density at radius 3 is 2.95 bits per heavy atom. The van der Waals surface area contributed by atoms with E-state index in [-0.39, 0.29) is 24.1 Å². The van der Waals surface area contributed by atoms with Crippen LogP contribution in [-0.4, -0.2) is 37.0 Å². The van der Waals surface area contributed by atoms with E-state index in [0.29, 0.717) is 11.3 Å². The van der Waals surface area contributed by atoms with Crippen molar-refractivity contribution in [3.8, 4) is 0 Å². The summed E-state index contributed by atoms with van der Waals surface area (Å²) in [6.45, 7) is -0.140. The Bertz CT molecular complexity index is 642. The number of rotatable bonds is 5. The van der Waals surface area contributed by atoms with Gasteiger partial charge in [-0.2, -0.15) is 0 Å². The van der Waals surface area contributed by atoms with E-state index in [9.17, 15) is 9.59 Å². The molecule has 0 bridgehead atoms. The summed E-state index contributed by atoms with van der Waals surface area (Å²) in [5.74, 6) is -1.35. The zero-order valence-corrected chi connectivity index (χ0v) is 10.9. The minimum Gasteiger partial charge on any atom is -0.480 e. The molecule has 9 heteroatoms. The number of carboxylic acid groups (broad SMARTS) is 1. The highest BCUT2D eigenvalue weighted by atomic mass is 35.5. The van der Waals surface area contributed by atoms with Crippen LogP contribution in [0, 0.1) is 0 Å². The first-order valence-corrected chi connectivity index (χ1v) is 5.93. The van der Waals surface area contributed by atoms with Crippen LogP contribution in [0.25, 0.3) is 0 Å². The molecule has 0 aromatic carbocycles. The average Bonchev–Trinajstić information content (AvgIpc) is 2.82. The van der Waals surface area contributed by atoms with Crippen molar-refractivity contribution in [3.05, 3.63) is 40.9 Å². The lowest BCUT2D eigenvalue weighted by molar-refractivity contribution is -0.137. The number of pyridine rings is 1. The molecule has 2 aromatic heterocycles. The molecule has 0 aliphatic carbocycles. The Balaban J connectivity index is 1.93. The van der Waals surface area contributed by atoms with Crippen molar-refractivity contribution in [2.24, 2.45) is 0 Å². The predicted molar refractivity (Wildman–Crippen MR) is 68.1 cm³/mol. The first kappa shape index (κ1) is 13.9. The molecule has 0 fully saturated rings. The molecule has 0 unspecified atom stereocenters. The van der Waals surface area contributed by atoms with E-state index in [0.717, 1.165) is 0 Å². The van der Waals surface area contributed by atoms with Crippen LogP contribution in [0.5, 0.6) is 0 Å². The molecule has 20 heavy (non-hydrogen) atoms. The molecule has 0 aliphatic heterocycles. The van der Waals surface area contributed by atoms with Gasteiger partial charge in [0.25, 0.3) is 5.91 Å². The van der Waals surface area contributed by atoms with Crippen molar-refractivity contribution < 1.29 is 14.7 Å². The molecule has 0 saturated heterocycles. The quantitative estimate of drug-likeness (QED) is 0.770. The first-order valence-electron chi connectivity index (χ1n) is 5.55. The molecular formula is C11H10ClN5O3.